The van der Waals surface area contributed by atoms with Crippen molar-refractivity contribution in [1.82, 2.24) is 19.8 Å². The summed E-state index contributed by atoms with van der Waals surface area (Å²) in [5.41, 5.74) is 0.793. The second kappa shape index (κ2) is 7.30. The van der Waals surface area contributed by atoms with Gasteiger partial charge in [0.2, 0.25) is 21.7 Å². The van der Waals surface area contributed by atoms with Gasteiger partial charge in [-0.2, -0.15) is 9.82 Å². The number of carbonyl (C=O) groups is 2. The van der Waals surface area contributed by atoms with Gasteiger partial charge >= 0.3 is 5.97 Å². The van der Waals surface area contributed by atoms with Gasteiger partial charge < -0.3 is 14.8 Å². The van der Waals surface area contributed by atoms with Crippen LogP contribution in [-0.2, 0) is 28.4 Å². The molecule has 0 aliphatic rings. The Hall–Kier alpha value is -2.66. The maximum absolute atomic E-state index is 12.5. The van der Waals surface area contributed by atoms with Crippen molar-refractivity contribution in [2.75, 3.05) is 0 Å². The van der Waals surface area contributed by atoms with Gasteiger partial charge in [0.15, 0.2) is 0 Å². The first kappa shape index (κ1) is 19.7. The van der Waals surface area contributed by atoms with Crippen molar-refractivity contribution in [3.63, 3.8) is 0 Å². The Bertz CT molecular complexity index is 943. The van der Waals surface area contributed by atoms with Gasteiger partial charge in [0.1, 0.15) is 10.7 Å². The lowest BCUT2D eigenvalue weighted by atomic mass is 10.3. The Balaban J connectivity index is 2.02. The molecule has 1 atom stereocenters. The molecule has 0 spiro atoms. The minimum absolute atomic E-state index is 0.0387. The van der Waals surface area contributed by atoms with Gasteiger partial charge in [-0.3, -0.25) is 9.48 Å². The van der Waals surface area contributed by atoms with E-state index in [1.54, 1.807) is 20.9 Å². The number of hydrogen-bond donors (Lipinski definition) is 3. The number of carboxylic acids is 1. The average Bonchev–Trinajstić information content (AvgIpc) is 3.09. The van der Waals surface area contributed by atoms with Crippen LogP contribution in [0.15, 0.2) is 21.4 Å². The molecule has 2 rings (SSSR count). The lowest BCUT2D eigenvalue weighted by molar-refractivity contribution is -0.122. The quantitative estimate of drug-likeness (QED) is 0.623. The molecule has 2 aromatic rings. The molecule has 142 valence electrons. The van der Waals surface area contributed by atoms with E-state index in [2.05, 4.69) is 15.1 Å². The third-order valence-corrected chi connectivity index (χ3v) is 5.54. The lowest BCUT2D eigenvalue weighted by Gasteiger charge is -2.14. The number of aromatic nitrogens is 2. The number of aryl methyl sites for hydroxylation is 2. The van der Waals surface area contributed by atoms with E-state index in [4.69, 9.17) is 9.52 Å². The van der Waals surface area contributed by atoms with Crippen molar-refractivity contribution in [2.45, 2.75) is 38.3 Å². The van der Waals surface area contributed by atoms with Crippen LogP contribution in [0.3, 0.4) is 0 Å². The summed E-state index contributed by atoms with van der Waals surface area (Å²) in [7, 11) is -2.30. The third kappa shape index (κ3) is 4.11. The molecule has 26 heavy (non-hydrogen) atoms. The molecule has 0 aliphatic carbocycles. The van der Waals surface area contributed by atoms with Crippen LogP contribution in [0.2, 0.25) is 0 Å². The highest BCUT2D eigenvalue weighted by Gasteiger charge is 2.27. The van der Waals surface area contributed by atoms with E-state index in [1.807, 2.05) is 0 Å². The highest BCUT2D eigenvalue weighted by molar-refractivity contribution is 7.89. The van der Waals surface area contributed by atoms with Crippen LogP contribution in [0.25, 0.3) is 0 Å². The third-order valence-electron chi connectivity index (χ3n) is 3.75. The maximum Gasteiger partial charge on any atom is 0.371 e. The van der Waals surface area contributed by atoms with Crippen molar-refractivity contribution < 1.29 is 27.5 Å². The average molecular weight is 384 g/mol. The molecule has 0 bridgehead atoms. The van der Waals surface area contributed by atoms with E-state index < -0.39 is 27.9 Å². The number of carboxylic acid groups (broad SMARTS) is 1. The van der Waals surface area contributed by atoms with Crippen LogP contribution in [0.5, 0.6) is 0 Å². The second-order valence-electron chi connectivity index (χ2n) is 5.76. The van der Waals surface area contributed by atoms with Crippen LogP contribution >= 0.6 is 0 Å². The number of aromatic carboxylic acids is 1. The van der Waals surface area contributed by atoms with E-state index in [1.165, 1.54) is 23.7 Å². The zero-order valence-corrected chi connectivity index (χ0v) is 15.5. The first-order chi connectivity index (χ1) is 12.0. The molecule has 2 aromatic heterocycles. The summed E-state index contributed by atoms with van der Waals surface area (Å²) in [5.74, 6) is -1.80. The van der Waals surface area contributed by atoms with Gasteiger partial charge in [0, 0.05) is 7.05 Å². The molecule has 2 heterocycles. The summed E-state index contributed by atoms with van der Waals surface area (Å²) in [5, 5.41) is 15.3. The fourth-order valence-corrected chi connectivity index (χ4v) is 4.04. The first-order valence-electron chi connectivity index (χ1n) is 7.65. The molecule has 11 heteroatoms. The summed E-state index contributed by atoms with van der Waals surface area (Å²) in [6, 6.07) is 1.64. The molecule has 0 saturated carbocycles. The standard InChI is InChI=1S/C15H20N4O6S/c1-8-13(10(3)19(4)17-8)26(23,24)18-9(2)14(20)16-7-11-5-6-12(25-11)15(21)22/h5-6,9,18H,7H2,1-4H3,(H,16,20)(H,21,22). The molecule has 1 unspecified atom stereocenters. The molecule has 0 fully saturated rings. The molecule has 0 aromatic carbocycles. The topological polar surface area (TPSA) is 144 Å². The minimum Gasteiger partial charge on any atom is -0.475 e. The molecule has 0 aliphatic heterocycles. The molecule has 0 saturated heterocycles. The summed E-state index contributed by atoms with van der Waals surface area (Å²) < 4.78 is 33.8. The largest absolute Gasteiger partial charge is 0.475 e. The Kier molecular flexibility index (Phi) is 5.52. The van der Waals surface area contributed by atoms with Crippen molar-refractivity contribution in [3.05, 3.63) is 35.0 Å². The molecule has 0 radical (unpaired) electrons. The number of carbonyl (C=O) groups excluding carboxylic acids is 1. The Morgan fingerprint density at radius 1 is 1.35 bits per heavy atom. The van der Waals surface area contributed by atoms with E-state index in [0.717, 1.165) is 0 Å². The number of rotatable bonds is 7. The maximum atomic E-state index is 12.5. The molecule has 10 nitrogen and oxygen atoms in total. The van der Waals surface area contributed by atoms with E-state index in [0.29, 0.717) is 11.4 Å². The lowest BCUT2D eigenvalue weighted by Crippen LogP contribution is -2.44. The second-order valence-corrected chi connectivity index (χ2v) is 7.41. The fraction of sp³-hybridized carbons (Fsp3) is 0.400. The van der Waals surface area contributed by atoms with Crippen LogP contribution in [-0.4, -0.2) is 41.2 Å². The smallest absolute Gasteiger partial charge is 0.371 e. The number of furan rings is 1. The van der Waals surface area contributed by atoms with Gasteiger partial charge in [0.05, 0.1) is 24.0 Å². The SMILES string of the molecule is Cc1nn(C)c(C)c1S(=O)(=O)NC(C)C(=O)NCc1ccc(C(=O)O)o1. The monoisotopic (exact) mass is 384 g/mol. The van der Waals surface area contributed by atoms with E-state index in [9.17, 15) is 18.0 Å². The van der Waals surface area contributed by atoms with Crippen LogP contribution < -0.4 is 10.0 Å². The Labute approximate surface area is 150 Å². The van der Waals surface area contributed by atoms with E-state index >= 15 is 0 Å². The summed E-state index contributed by atoms with van der Waals surface area (Å²) in [6.07, 6.45) is 0. The Morgan fingerprint density at radius 2 is 2.00 bits per heavy atom. The van der Waals surface area contributed by atoms with Crippen molar-refractivity contribution in [2.24, 2.45) is 7.05 Å². The minimum atomic E-state index is -3.93. The fourth-order valence-electron chi connectivity index (χ4n) is 2.40. The summed E-state index contributed by atoms with van der Waals surface area (Å²) in [4.78, 5) is 22.9. The number of nitrogens with one attached hydrogen (secondary N) is 2. The van der Waals surface area contributed by atoms with Gasteiger partial charge in [-0.1, -0.05) is 0 Å². The summed E-state index contributed by atoms with van der Waals surface area (Å²) >= 11 is 0. The van der Waals surface area contributed by atoms with Crippen LogP contribution in [0.4, 0.5) is 0 Å². The normalized spacial score (nSPS) is 12.8. The molecule has 1 amide bonds. The first-order valence-corrected chi connectivity index (χ1v) is 9.13. The van der Waals surface area contributed by atoms with Gasteiger partial charge in [-0.05, 0) is 32.9 Å². The van der Waals surface area contributed by atoms with Crippen molar-refractivity contribution in [3.8, 4) is 0 Å². The van der Waals surface area contributed by atoms with Gasteiger partial charge in [-0.15, -0.1) is 0 Å². The van der Waals surface area contributed by atoms with Gasteiger partial charge in [-0.25, -0.2) is 13.2 Å². The Morgan fingerprint density at radius 3 is 2.50 bits per heavy atom. The predicted molar refractivity (Wildman–Crippen MR) is 90.0 cm³/mol. The highest BCUT2D eigenvalue weighted by atomic mass is 32.2. The number of sulfonamides is 1. The zero-order valence-electron chi connectivity index (χ0n) is 14.7. The number of hydrogen-bond acceptors (Lipinski definition) is 6. The van der Waals surface area contributed by atoms with E-state index in [-0.39, 0.29) is 23.0 Å². The van der Waals surface area contributed by atoms with Crippen LogP contribution in [0.1, 0.15) is 34.6 Å². The predicted octanol–water partition coefficient (Wildman–Crippen LogP) is 0.311. The number of amides is 1. The highest BCUT2D eigenvalue weighted by Crippen LogP contribution is 2.18. The summed E-state index contributed by atoms with van der Waals surface area (Å²) in [6.45, 7) is 4.53. The van der Waals surface area contributed by atoms with Crippen molar-refractivity contribution >= 4 is 21.9 Å². The molecule has 3 N–H and O–H groups in total. The molecular weight excluding hydrogens is 364 g/mol. The van der Waals surface area contributed by atoms with Crippen molar-refractivity contribution in [1.29, 1.82) is 0 Å². The zero-order chi connectivity index (χ0) is 19.6. The number of nitrogens with zero attached hydrogens (tertiary/aromatic N) is 2. The van der Waals surface area contributed by atoms with Crippen LogP contribution in [0, 0.1) is 13.8 Å². The van der Waals surface area contributed by atoms with Gasteiger partial charge in [0.25, 0.3) is 0 Å². The molecular formula is C15H20N4O6S.